The number of carbonyl (C=O) groups excluding carboxylic acids is 2. The number of fused-ring (bicyclic) bond motifs is 2. The van der Waals surface area contributed by atoms with Crippen LogP contribution < -0.4 is 0 Å². The van der Waals surface area contributed by atoms with E-state index in [-0.39, 0.29) is 24.4 Å². The maximum atomic E-state index is 13.6. The van der Waals surface area contributed by atoms with E-state index in [1.807, 2.05) is 13.8 Å². The van der Waals surface area contributed by atoms with Gasteiger partial charge < -0.3 is 24.1 Å². The molecule has 4 aliphatic rings. The van der Waals surface area contributed by atoms with Crippen molar-refractivity contribution in [3.05, 3.63) is 0 Å². The fraction of sp³-hybridized carbons (Fsp3) is 0.913. The Kier molecular flexibility index (Phi) is 4.98. The zero-order valence-corrected chi connectivity index (χ0v) is 19.1. The summed E-state index contributed by atoms with van der Waals surface area (Å²) in [5.74, 6) is -0.688. The van der Waals surface area contributed by atoms with Gasteiger partial charge in [0.1, 0.15) is 5.60 Å². The molecule has 2 aliphatic heterocycles. The molecule has 0 aromatic rings. The molecule has 2 saturated heterocycles. The average molecular weight is 425 g/mol. The third kappa shape index (κ3) is 2.71. The van der Waals surface area contributed by atoms with Gasteiger partial charge in [0, 0.05) is 32.3 Å². The minimum absolute atomic E-state index is 0.0828. The van der Waals surface area contributed by atoms with Crippen LogP contribution in [-0.2, 0) is 28.5 Å². The highest BCUT2D eigenvalue weighted by Gasteiger charge is 2.77. The summed E-state index contributed by atoms with van der Waals surface area (Å²) in [5.41, 5.74) is -3.81. The van der Waals surface area contributed by atoms with Gasteiger partial charge in [0.15, 0.2) is 17.7 Å². The van der Waals surface area contributed by atoms with Crippen molar-refractivity contribution < 1.29 is 33.6 Å². The summed E-state index contributed by atoms with van der Waals surface area (Å²) in [6, 6.07) is 0. The molecule has 2 heterocycles. The third-order valence-electron chi connectivity index (χ3n) is 9.08. The Morgan fingerprint density at radius 1 is 1.17 bits per heavy atom. The predicted molar refractivity (Wildman–Crippen MR) is 108 cm³/mol. The Morgan fingerprint density at radius 3 is 2.47 bits per heavy atom. The van der Waals surface area contributed by atoms with E-state index in [0.717, 1.165) is 0 Å². The Balaban J connectivity index is 1.84. The summed E-state index contributed by atoms with van der Waals surface area (Å²) < 4.78 is 24.0. The number of esters is 1. The number of ether oxygens (including phenoxy) is 4. The smallest absolute Gasteiger partial charge is 0.303 e. The molecule has 2 aliphatic carbocycles. The number of hydrogen-bond donors (Lipinski definition) is 1. The van der Waals surface area contributed by atoms with Gasteiger partial charge in [-0.2, -0.15) is 0 Å². The first-order valence-electron chi connectivity index (χ1n) is 11.1. The van der Waals surface area contributed by atoms with Crippen LogP contribution in [0.1, 0.15) is 73.1 Å². The Morgan fingerprint density at radius 2 is 1.87 bits per heavy atom. The number of ketones is 1. The van der Waals surface area contributed by atoms with Crippen LogP contribution in [0.2, 0.25) is 0 Å². The van der Waals surface area contributed by atoms with Crippen molar-refractivity contribution in [3.63, 3.8) is 0 Å². The van der Waals surface area contributed by atoms with Gasteiger partial charge in [0.25, 0.3) is 0 Å². The molecular weight excluding hydrogens is 388 g/mol. The number of methoxy groups -OCH3 is 1. The number of rotatable bonds is 2. The summed E-state index contributed by atoms with van der Waals surface area (Å²) >= 11 is 0. The van der Waals surface area contributed by atoms with Gasteiger partial charge in [0.05, 0.1) is 18.3 Å². The topological polar surface area (TPSA) is 91.3 Å². The maximum absolute atomic E-state index is 13.6. The van der Waals surface area contributed by atoms with E-state index in [4.69, 9.17) is 18.9 Å². The molecule has 2 saturated carbocycles. The fourth-order valence-electron chi connectivity index (χ4n) is 7.26. The third-order valence-corrected chi connectivity index (χ3v) is 9.08. The minimum Gasteiger partial charge on any atom is -0.448 e. The van der Waals surface area contributed by atoms with E-state index in [0.29, 0.717) is 38.7 Å². The fourth-order valence-corrected chi connectivity index (χ4v) is 7.26. The van der Waals surface area contributed by atoms with Gasteiger partial charge in [-0.25, -0.2) is 0 Å². The molecule has 0 aromatic heterocycles. The van der Waals surface area contributed by atoms with Crippen LogP contribution in [0.5, 0.6) is 0 Å². The molecule has 4 rings (SSSR count). The van der Waals surface area contributed by atoms with E-state index < -0.39 is 39.7 Å². The van der Waals surface area contributed by atoms with Gasteiger partial charge in [-0.15, -0.1) is 0 Å². The van der Waals surface area contributed by atoms with Crippen molar-refractivity contribution in [2.75, 3.05) is 13.7 Å². The maximum Gasteiger partial charge on any atom is 0.303 e. The lowest BCUT2D eigenvalue weighted by atomic mass is 9.42. The molecular formula is C23H36O7. The van der Waals surface area contributed by atoms with Gasteiger partial charge in [-0.3, -0.25) is 9.59 Å². The van der Waals surface area contributed by atoms with E-state index >= 15 is 0 Å². The van der Waals surface area contributed by atoms with Crippen LogP contribution >= 0.6 is 0 Å². The first-order valence-corrected chi connectivity index (χ1v) is 11.1. The summed E-state index contributed by atoms with van der Waals surface area (Å²) in [6.45, 7) is 9.73. The molecule has 2 spiro atoms. The summed E-state index contributed by atoms with van der Waals surface area (Å²) in [5, 5.41) is 10.8. The molecule has 7 atom stereocenters. The molecule has 0 aromatic carbocycles. The Labute approximate surface area is 178 Å². The first kappa shape index (κ1) is 22.2. The second-order valence-electron chi connectivity index (χ2n) is 10.9. The van der Waals surface area contributed by atoms with Crippen molar-refractivity contribution in [2.24, 2.45) is 16.7 Å². The zero-order chi connectivity index (χ0) is 22.2. The van der Waals surface area contributed by atoms with Crippen molar-refractivity contribution in [2.45, 2.75) is 102 Å². The molecule has 30 heavy (non-hydrogen) atoms. The van der Waals surface area contributed by atoms with Crippen LogP contribution in [0.15, 0.2) is 0 Å². The molecule has 0 amide bonds. The van der Waals surface area contributed by atoms with Crippen molar-refractivity contribution in [1.82, 2.24) is 0 Å². The second kappa shape index (κ2) is 6.74. The SMILES string of the molecule is CO[C@H]1C[C@@]2(CC[C@@]3(O2)[C@@](C)(OC(C)=O)C(=O)C[C@H]2C(C)(C)[C@H](O)CC[C@@]23C)CO1. The number of aliphatic hydroxyl groups excluding tert-OH is 1. The van der Waals surface area contributed by atoms with Crippen molar-refractivity contribution >= 4 is 11.8 Å². The molecule has 170 valence electrons. The molecule has 0 unspecified atom stereocenters. The van der Waals surface area contributed by atoms with E-state index in [2.05, 4.69) is 6.92 Å². The predicted octanol–water partition coefficient (Wildman–Crippen LogP) is 2.77. The highest BCUT2D eigenvalue weighted by Crippen LogP contribution is 2.69. The van der Waals surface area contributed by atoms with Crippen LogP contribution in [-0.4, -0.2) is 59.8 Å². The molecule has 7 nitrogen and oxygen atoms in total. The normalized spacial score (nSPS) is 50.1. The summed E-state index contributed by atoms with van der Waals surface area (Å²) in [7, 11) is 1.61. The molecule has 0 radical (unpaired) electrons. The number of carbonyl (C=O) groups is 2. The highest BCUT2D eigenvalue weighted by molar-refractivity contribution is 5.92. The van der Waals surface area contributed by atoms with Gasteiger partial charge in [-0.05, 0) is 43.9 Å². The number of Topliss-reactive ketones (excluding diaryl/α,β-unsaturated/α-hetero) is 1. The van der Waals surface area contributed by atoms with Crippen LogP contribution in [0.3, 0.4) is 0 Å². The van der Waals surface area contributed by atoms with Crippen LogP contribution in [0.4, 0.5) is 0 Å². The lowest BCUT2D eigenvalue weighted by Gasteiger charge is -2.66. The lowest BCUT2D eigenvalue weighted by molar-refractivity contribution is -0.293. The average Bonchev–Trinajstić information content (AvgIpc) is 3.26. The summed E-state index contributed by atoms with van der Waals surface area (Å²) in [4.78, 5) is 25.8. The largest absolute Gasteiger partial charge is 0.448 e. The number of aliphatic hydroxyl groups is 1. The van der Waals surface area contributed by atoms with Crippen molar-refractivity contribution in [3.8, 4) is 0 Å². The Hall–Kier alpha value is -1.02. The first-order chi connectivity index (χ1) is 13.9. The van der Waals surface area contributed by atoms with Crippen molar-refractivity contribution in [1.29, 1.82) is 0 Å². The monoisotopic (exact) mass is 424 g/mol. The molecule has 4 fully saturated rings. The second-order valence-corrected chi connectivity index (χ2v) is 10.9. The quantitative estimate of drug-likeness (QED) is 0.682. The van der Waals surface area contributed by atoms with Crippen LogP contribution in [0.25, 0.3) is 0 Å². The zero-order valence-electron chi connectivity index (χ0n) is 19.1. The summed E-state index contributed by atoms with van der Waals surface area (Å²) in [6.07, 6.45) is 2.66. The number of hydrogen-bond acceptors (Lipinski definition) is 7. The molecule has 0 bridgehead atoms. The lowest BCUT2D eigenvalue weighted by Crippen LogP contribution is -2.75. The van der Waals surface area contributed by atoms with Gasteiger partial charge in [0.2, 0.25) is 0 Å². The Bertz CT molecular complexity index is 750. The molecule has 7 heteroatoms. The van der Waals surface area contributed by atoms with Gasteiger partial charge >= 0.3 is 5.97 Å². The van der Waals surface area contributed by atoms with E-state index in [1.54, 1.807) is 14.0 Å². The van der Waals surface area contributed by atoms with Gasteiger partial charge in [-0.1, -0.05) is 20.8 Å². The minimum atomic E-state index is -1.38. The van der Waals surface area contributed by atoms with E-state index in [1.165, 1.54) is 6.92 Å². The highest BCUT2D eigenvalue weighted by atomic mass is 16.7. The van der Waals surface area contributed by atoms with E-state index in [9.17, 15) is 14.7 Å². The van der Waals surface area contributed by atoms with Crippen LogP contribution in [0, 0.1) is 16.7 Å². The standard InChI is InChI=1S/C23H36O7/c1-14(24)29-21(5)17(26)11-15-19(2,3)16(25)7-8-20(15,4)23(21)10-9-22(30-23)12-18(27-6)28-13-22/h15-16,18,25H,7-13H2,1-6H3/t15-,16+,18+,20-,21-,22-,23-/m0/s1. The molecule has 1 N–H and O–H groups in total.